The third-order valence-electron chi connectivity index (χ3n) is 0.618. The zero-order valence-corrected chi connectivity index (χ0v) is 6.37. The summed E-state index contributed by atoms with van der Waals surface area (Å²) in [5, 5.41) is 14.5. The fourth-order valence-corrected chi connectivity index (χ4v) is 0.506. The Balaban J connectivity index is 2.69. The lowest BCUT2D eigenvalue weighted by molar-refractivity contribution is 0.818. The Bertz CT molecular complexity index is 155. The Morgan fingerprint density at radius 2 is 2.38 bits per heavy atom. The van der Waals surface area contributed by atoms with Crippen molar-refractivity contribution in [2.24, 2.45) is 20.8 Å². The van der Waals surface area contributed by atoms with Gasteiger partial charge in [0, 0.05) is 6.20 Å². The predicted octanol–water partition coefficient (Wildman–Crippen LogP) is -0.512. The number of hydrogen-bond donors (Lipinski definition) is 1. The van der Waals surface area contributed by atoms with Gasteiger partial charge in [0.05, 0.1) is 15.6 Å². The minimum absolute atomic E-state index is 0.867. The first kappa shape index (κ1) is 5.10. The van der Waals surface area contributed by atoms with Crippen molar-refractivity contribution in [3.05, 3.63) is 11.5 Å². The summed E-state index contributed by atoms with van der Waals surface area (Å²) >= 11 is 0. The predicted molar refractivity (Wildman–Crippen MR) is 30.9 cm³/mol. The van der Waals surface area contributed by atoms with E-state index < -0.39 is 0 Å². The Morgan fingerprint density at radius 3 is 3.25 bits per heavy atom. The Labute approximate surface area is 49.0 Å². The van der Waals surface area contributed by atoms with E-state index in [1.807, 2.05) is 0 Å². The van der Waals surface area contributed by atoms with Gasteiger partial charge in [-0.3, -0.25) is 5.43 Å². The van der Waals surface area contributed by atoms with Gasteiger partial charge in [-0.15, -0.1) is 5.11 Å². The topological polar surface area (TPSA) is 61.5 Å². The minimum Gasteiger partial charge on any atom is -0.264 e. The van der Waals surface area contributed by atoms with E-state index in [9.17, 15) is 0 Å². The third-order valence-corrected chi connectivity index (χ3v) is 1.11. The molecule has 0 atom stereocenters. The number of rotatable bonds is 0. The van der Waals surface area contributed by atoms with Gasteiger partial charge in [0.25, 0.3) is 0 Å². The summed E-state index contributed by atoms with van der Waals surface area (Å²) in [4.78, 5) is 0. The maximum atomic E-state index is 3.65. The molecule has 0 bridgehead atoms. The fourth-order valence-electron chi connectivity index (χ4n) is 0.288. The van der Waals surface area contributed by atoms with Crippen molar-refractivity contribution >= 4 is 10.2 Å². The first-order valence-corrected chi connectivity index (χ1v) is 3.12. The summed E-state index contributed by atoms with van der Waals surface area (Å²) in [5.41, 5.74) is 2.54. The maximum Gasteiger partial charge on any atom is 0.0669 e. The molecule has 0 aromatic heterocycles. The van der Waals surface area contributed by atoms with E-state index in [2.05, 4.69) is 26.2 Å². The van der Waals surface area contributed by atoms with Crippen LogP contribution in [0, 0.1) is 0 Å². The molecule has 0 unspecified atom stereocenters. The van der Waals surface area contributed by atoms with Crippen molar-refractivity contribution in [3.8, 4) is 0 Å². The molecule has 8 heavy (non-hydrogen) atoms. The van der Waals surface area contributed by atoms with Crippen molar-refractivity contribution < 1.29 is 0 Å². The summed E-state index contributed by atoms with van der Waals surface area (Å²) in [5.74, 6) is 0. The molecule has 0 saturated carbocycles. The second-order valence-electron chi connectivity index (χ2n) is 1.29. The average Bonchev–Trinajstić information content (AvgIpc) is 1.94. The second kappa shape index (κ2) is 2.31. The zero-order valence-electron chi connectivity index (χ0n) is 4.37. The molecule has 6 heteroatoms. The molecule has 0 aliphatic carbocycles. The summed E-state index contributed by atoms with van der Waals surface area (Å²) in [6, 6.07) is 0. The van der Waals surface area contributed by atoms with Crippen molar-refractivity contribution in [1.29, 1.82) is 0 Å². The monoisotopic (exact) mass is 127 g/mol. The first-order chi connectivity index (χ1) is 3.89. The third kappa shape index (κ3) is 1.23. The highest BCUT2D eigenvalue weighted by Crippen LogP contribution is 1.92. The molecule has 42 valence electrons. The van der Waals surface area contributed by atoms with Crippen molar-refractivity contribution in [1.82, 2.24) is 5.43 Å². The van der Waals surface area contributed by atoms with Crippen LogP contribution in [-0.4, -0.2) is 10.2 Å². The van der Waals surface area contributed by atoms with Gasteiger partial charge in [0.15, 0.2) is 0 Å². The van der Waals surface area contributed by atoms with E-state index in [-0.39, 0.29) is 0 Å². The molecule has 0 aromatic rings. The molecular weight excluding hydrogens is 122 g/mol. The van der Waals surface area contributed by atoms with Crippen molar-refractivity contribution in [2.75, 3.05) is 0 Å². The van der Waals surface area contributed by atoms with Gasteiger partial charge in [0.1, 0.15) is 0 Å². The molecule has 0 amide bonds. The van der Waals surface area contributed by atoms with E-state index in [0.717, 1.165) is 15.6 Å². The van der Waals surface area contributed by atoms with Crippen LogP contribution in [0.3, 0.4) is 0 Å². The number of hydrogen-bond acceptors (Lipinski definition) is 5. The maximum absolute atomic E-state index is 3.65. The fraction of sp³-hybridized carbons (Fsp3) is 0. The van der Waals surface area contributed by atoms with Crippen LogP contribution in [0.15, 0.2) is 32.3 Å². The summed E-state index contributed by atoms with van der Waals surface area (Å²) in [6.45, 7) is 0. The lowest BCUT2D eigenvalue weighted by Gasteiger charge is -1.81. The molecule has 1 aliphatic rings. The molecule has 0 saturated heterocycles. The van der Waals surface area contributed by atoms with E-state index in [0.29, 0.717) is 0 Å². The molecule has 0 radical (unpaired) electrons. The summed E-state index contributed by atoms with van der Waals surface area (Å²) in [6.07, 6.45) is 1.67. The Kier molecular flexibility index (Phi) is 1.47. The zero-order chi connectivity index (χ0) is 5.82. The van der Waals surface area contributed by atoms with Crippen molar-refractivity contribution in [3.63, 3.8) is 0 Å². The molecule has 5 nitrogen and oxygen atoms in total. The molecule has 0 aromatic carbocycles. The van der Waals surface area contributed by atoms with Gasteiger partial charge in [-0.1, -0.05) is 0 Å². The van der Waals surface area contributed by atoms with Gasteiger partial charge < -0.3 is 0 Å². The summed E-state index contributed by atoms with van der Waals surface area (Å²) < 4.78 is 0. The van der Waals surface area contributed by atoms with Gasteiger partial charge in [-0.05, 0) is 15.7 Å². The quantitative estimate of drug-likeness (QED) is 0.438. The highest BCUT2D eigenvalue weighted by atomic mass is 28.1. The van der Waals surface area contributed by atoms with Crippen LogP contribution < -0.4 is 5.43 Å². The van der Waals surface area contributed by atoms with Crippen LogP contribution in [-0.2, 0) is 0 Å². The molecular formula is C2H5N5Si. The average molecular weight is 127 g/mol. The molecule has 0 fully saturated rings. The first-order valence-electron chi connectivity index (χ1n) is 2.12. The molecule has 0 spiro atoms. The van der Waals surface area contributed by atoms with Crippen LogP contribution in [0.25, 0.3) is 0 Å². The minimum atomic E-state index is 0.867. The van der Waals surface area contributed by atoms with E-state index in [1.165, 1.54) is 0 Å². The number of nitrogens with zero attached hydrogens (tertiary/aromatic N) is 4. The van der Waals surface area contributed by atoms with Gasteiger partial charge >= 0.3 is 0 Å². The van der Waals surface area contributed by atoms with Crippen molar-refractivity contribution in [2.45, 2.75) is 0 Å². The van der Waals surface area contributed by atoms with Gasteiger partial charge in [-0.2, -0.15) is 0 Å². The molecule has 1 rings (SSSR count). The largest absolute Gasteiger partial charge is 0.264 e. The van der Waals surface area contributed by atoms with Crippen LogP contribution >= 0.6 is 0 Å². The van der Waals surface area contributed by atoms with Crippen LogP contribution in [0.2, 0.25) is 0 Å². The molecule has 1 heterocycles. The summed E-state index contributed by atoms with van der Waals surface area (Å²) in [7, 11) is 0.867. The van der Waals surface area contributed by atoms with Crippen LogP contribution in [0.1, 0.15) is 0 Å². The highest BCUT2D eigenvalue weighted by Gasteiger charge is 1.83. The normalized spacial score (nSPS) is 17.2. The SMILES string of the molecule is [SiH3]C1=CNN=NN=N1. The lowest BCUT2D eigenvalue weighted by Crippen LogP contribution is -1.91. The van der Waals surface area contributed by atoms with E-state index in [1.54, 1.807) is 6.20 Å². The Morgan fingerprint density at radius 1 is 1.50 bits per heavy atom. The van der Waals surface area contributed by atoms with Gasteiger partial charge in [0.2, 0.25) is 0 Å². The smallest absolute Gasteiger partial charge is 0.0669 e. The highest BCUT2D eigenvalue weighted by molar-refractivity contribution is 6.21. The van der Waals surface area contributed by atoms with E-state index in [4.69, 9.17) is 0 Å². The standard InChI is InChI=1S/C2H5N5Si/c8-2-1-3-5-7-6-4-2/h1H,8H3,(H,3,4,7). The van der Waals surface area contributed by atoms with Crippen LogP contribution in [0.4, 0.5) is 0 Å². The second-order valence-corrected chi connectivity index (χ2v) is 2.32. The Hall–Kier alpha value is -1.04. The van der Waals surface area contributed by atoms with E-state index >= 15 is 0 Å². The molecule has 1 N–H and O–H groups in total. The molecule has 1 aliphatic heterocycles. The number of nitrogens with one attached hydrogen (secondary N) is 1. The lowest BCUT2D eigenvalue weighted by atomic mass is 10.9. The van der Waals surface area contributed by atoms with Crippen LogP contribution in [0.5, 0.6) is 0 Å². The van der Waals surface area contributed by atoms with Gasteiger partial charge in [-0.25, -0.2) is 0 Å².